The van der Waals surface area contributed by atoms with Gasteiger partial charge in [-0.3, -0.25) is 4.79 Å². The molecule has 1 fully saturated rings. The van der Waals surface area contributed by atoms with Crippen LogP contribution < -0.4 is 11.1 Å². The summed E-state index contributed by atoms with van der Waals surface area (Å²) < 4.78 is 0. The third kappa shape index (κ3) is 7.98. The minimum Gasteiger partial charge on any atom is -0.352 e. The van der Waals surface area contributed by atoms with Crippen molar-refractivity contribution in [2.75, 3.05) is 26.2 Å². The van der Waals surface area contributed by atoms with Gasteiger partial charge < -0.3 is 16.0 Å². The van der Waals surface area contributed by atoms with Crippen LogP contribution in [0.4, 0.5) is 0 Å². The Morgan fingerprint density at radius 1 is 1.42 bits per heavy atom. The highest BCUT2D eigenvalue weighted by Gasteiger charge is 2.19. The summed E-state index contributed by atoms with van der Waals surface area (Å²) in [5, 5.41) is 3.03. The Bertz CT molecular complexity index is 254. The van der Waals surface area contributed by atoms with Crippen molar-refractivity contribution in [3.05, 3.63) is 0 Å². The van der Waals surface area contributed by atoms with Crippen molar-refractivity contribution in [3.8, 4) is 0 Å². The molecule has 1 heterocycles. The second kappa shape index (κ2) is 10.7. The Kier molecular flexibility index (Phi) is 12.0. The molecule has 0 bridgehead atoms. The molecule has 0 radical (unpaired) electrons. The molecule has 1 amide bonds. The molecule has 19 heavy (non-hydrogen) atoms. The SMILES string of the molecule is CC1CCCN(CC(C)NC(=O)C(C)CN)C1.Cl.Cl. The highest BCUT2D eigenvalue weighted by atomic mass is 35.5. The third-order valence-corrected chi connectivity index (χ3v) is 3.46. The van der Waals surface area contributed by atoms with Crippen molar-refractivity contribution >= 4 is 30.7 Å². The van der Waals surface area contributed by atoms with Gasteiger partial charge in [-0.1, -0.05) is 13.8 Å². The van der Waals surface area contributed by atoms with E-state index in [0.717, 1.165) is 25.6 Å². The largest absolute Gasteiger partial charge is 0.352 e. The number of nitrogens with two attached hydrogens (primary N) is 1. The number of halogens is 2. The van der Waals surface area contributed by atoms with E-state index < -0.39 is 0 Å². The van der Waals surface area contributed by atoms with Crippen LogP contribution in [0.2, 0.25) is 0 Å². The summed E-state index contributed by atoms with van der Waals surface area (Å²) in [7, 11) is 0. The minimum atomic E-state index is -0.0854. The van der Waals surface area contributed by atoms with Gasteiger partial charge in [0.25, 0.3) is 0 Å². The maximum absolute atomic E-state index is 11.7. The number of nitrogens with one attached hydrogen (secondary N) is 1. The summed E-state index contributed by atoms with van der Waals surface area (Å²) >= 11 is 0. The summed E-state index contributed by atoms with van der Waals surface area (Å²) in [4.78, 5) is 14.1. The molecule has 3 unspecified atom stereocenters. The van der Waals surface area contributed by atoms with E-state index in [1.54, 1.807) is 0 Å². The van der Waals surface area contributed by atoms with Crippen LogP contribution in [0.15, 0.2) is 0 Å². The van der Waals surface area contributed by atoms with Crippen LogP contribution in [0.25, 0.3) is 0 Å². The molecule has 0 aromatic heterocycles. The molecular weight excluding hydrogens is 285 g/mol. The van der Waals surface area contributed by atoms with E-state index >= 15 is 0 Å². The Balaban J connectivity index is 0. The summed E-state index contributed by atoms with van der Waals surface area (Å²) in [6.45, 7) is 9.92. The molecule has 4 nitrogen and oxygen atoms in total. The topological polar surface area (TPSA) is 58.4 Å². The summed E-state index contributed by atoms with van der Waals surface area (Å²) in [6.07, 6.45) is 2.61. The van der Waals surface area contributed by atoms with Crippen molar-refractivity contribution in [3.63, 3.8) is 0 Å². The zero-order chi connectivity index (χ0) is 12.8. The van der Waals surface area contributed by atoms with Crippen molar-refractivity contribution in [2.24, 2.45) is 17.6 Å². The molecule has 0 saturated carbocycles. The Labute approximate surface area is 129 Å². The standard InChI is InChI=1S/C13H27N3O.2ClH/c1-10-5-4-6-16(8-10)9-12(3)15-13(17)11(2)7-14;;/h10-12H,4-9,14H2,1-3H3,(H,15,17);2*1H. The van der Waals surface area contributed by atoms with Crippen molar-refractivity contribution < 1.29 is 4.79 Å². The quantitative estimate of drug-likeness (QED) is 0.811. The van der Waals surface area contributed by atoms with Crippen LogP contribution in [0.5, 0.6) is 0 Å². The van der Waals surface area contributed by atoms with Crippen molar-refractivity contribution in [1.82, 2.24) is 10.2 Å². The molecular formula is C13H29Cl2N3O. The molecule has 1 aliphatic heterocycles. The lowest BCUT2D eigenvalue weighted by Crippen LogP contribution is -2.47. The van der Waals surface area contributed by atoms with Crippen LogP contribution >= 0.6 is 24.8 Å². The van der Waals surface area contributed by atoms with Crippen LogP contribution in [0.1, 0.15) is 33.6 Å². The average Bonchev–Trinajstić information content (AvgIpc) is 2.27. The van der Waals surface area contributed by atoms with Gasteiger partial charge in [-0.05, 0) is 32.2 Å². The number of amides is 1. The fraction of sp³-hybridized carbons (Fsp3) is 0.923. The molecule has 0 aromatic rings. The Morgan fingerprint density at radius 2 is 2.05 bits per heavy atom. The van der Waals surface area contributed by atoms with Crippen molar-refractivity contribution in [2.45, 2.75) is 39.7 Å². The fourth-order valence-corrected chi connectivity index (χ4v) is 2.38. The van der Waals surface area contributed by atoms with E-state index in [4.69, 9.17) is 5.73 Å². The number of carbonyl (C=O) groups is 1. The van der Waals surface area contributed by atoms with Gasteiger partial charge in [0.2, 0.25) is 5.91 Å². The Morgan fingerprint density at radius 3 is 2.58 bits per heavy atom. The number of piperidine rings is 1. The van der Waals surface area contributed by atoms with E-state index in [0.29, 0.717) is 6.54 Å². The van der Waals surface area contributed by atoms with Crippen LogP contribution in [0.3, 0.4) is 0 Å². The van der Waals surface area contributed by atoms with Gasteiger partial charge in [-0.25, -0.2) is 0 Å². The van der Waals surface area contributed by atoms with E-state index in [1.165, 1.54) is 12.8 Å². The van der Waals surface area contributed by atoms with Gasteiger partial charge >= 0.3 is 0 Å². The average molecular weight is 314 g/mol. The van der Waals surface area contributed by atoms with Crippen LogP contribution in [-0.4, -0.2) is 43.0 Å². The molecule has 116 valence electrons. The zero-order valence-electron chi connectivity index (χ0n) is 12.2. The first kappa shape index (κ1) is 21.3. The maximum atomic E-state index is 11.7. The molecule has 3 atom stereocenters. The first-order valence-electron chi connectivity index (χ1n) is 6.75. The lowest BCUT2D eigenvalue weighted by Gasteiger charge is -2.33. The monoisotopic (exact) mass is 313 g/mol. The molecule has 0 aromatic carbocycles. The number of rotatable bonds is 5. The number of hydrogen-bond acceptors (Lipinski definition) is 3. The summed E-state index contributed by atoms with van der Waals surface area (Å²) in [5.41, 5.74) is 5.48. The normalized spacial score (nSPS) is 22.6. The molecule has 0 aliphatic carbocycles. The second-order valence-corrected chi connectivity index (χ2v) is 5.55. The van der Waals surface area contributed by atoms with E-state index in [1.807, 2.05) is 6.92 Å². The van der Waals surface area contributed by atoms with E-state index in [9.17, 15) is 4.79 Å². The molecule has 0 spiro atoms. The van der Waals surface area contributed by atoms with Gasteiger partial charge in [0.05, 0.1) is 0 Å². The fourth-order valence-electron chi connectivity index (χ4n) is 2.38. The lowest BCUT2D eigenvalue weighted by atomic mass is 10.00. The highest BCUT2D eigenvalue weighted by molar-refractivity contribution is 5.85. The van der Waals surface area contributed by atoms with Gasteiger partial charge in [-0.2, -0.15) is 0 Å². The maximum Gasteiger partial charge on any atom is 0.224 e. The first-order chi connectivity index (χ1) is 8.02. The number of likely N-dealkylation sites (tertiary alicyclic amines) is 1. The number of nitrogens with zero attached hydrogens (tertiary/aromatic N) is 1. The van der Waals surface area contributed by atoms with Gasteiger partial charge in [0.1, 0.15) is 0 Å². The van der Waals surface area contributed by atoms with Crippen LogP contribution in [0, 0.1) is 11.8 Å². The van der Waals surface area contributed by atoms with Gasteiger partial charge in [0, 0.05) is 31.6 Å². The third-order valence-electron chi connectivity index (χ3n) is 3.46. The summed E-state index contributed by atoms with van der Waals surface area (Å²) in [6, 6.07) is 0.210. The van der Waals surface area contributed by atoms with Crippen LogP contribution in [-0.2, 0) is 4.79 Å². The second-order valence-electron chi connectivity index (χ2n) is 5.55. The smallest absolute Gasteiger partial charge is 0.224 e. The number of hydrogen-bond donors (Lipinski definition) is 2. The van der Waals surface area contributed by atoms with E-state index in [2.05, 4.69) is 24.1 Å². The predicted octanol–water partition coefficient (Wildman–Crippen LogP) is 1.66. The predicted molar refractivity (Wildman–Crippen MR) is 85.2 cm³/mol. The first-order valence-corrected chi connectivity index (χ1v) is 6.75. The molecule has 1 rings (SSSR count). The molecule has 6 heteroatoms. The molecule has 1 saturated heterocycles. The van der Waals surface area contributed by atoms with E-state index in [-0.39, 0.29) is 42.7 Å². The number of carbonyl (C=O) groups excluding carboxylic acids is 1. The lowest BCUT2D eigenvalue weighted by molar-refractivity contribution is -0.124. The van der Waals surface area contributed by atoms with Gasteiger partial charge in [0.15, 0.2) is 0 Å². The molecule has 1 aliphatic rings. The summed E-state index contributed by atoms with van der Waals surface area (Å²) in [5.74, 6) is 0.775. The van der Waals surface area contributed by atoms with Crippen molar-refractivity contribution in [1.29, 1.82) is 0 Å². The highest BCUT2D eigenvalue weighted by Crippen LogP contribution is 2.15. The molecule has 3 N–H and O–H groups in total. The van der Waals surface area contributed by atoms with Gasteiger partial charge in [-0.15, -0.1) is 24.8 Å². The minimum absolute atomic E-state index is 0. The Hall–Kier alpha value is -0.0300. The zero-order valence-corrected chi connectivity index (χ0v) is 13.9.